The first-order valence-corrected chi connectivity index (χ1v) is 8.26. The number of amides is 1. The van der Waals surface area contributed by atoms with Crippen molar-refractivity contribution in [2.75, 3.05) is 20.1 Å². The van der Waals surface area contributed by atoms with E-state index in [1.807, 2.05) is 7.05 Å². The van der Waals surface area contributed by atoms with Gasteiger partial charge in [-0.15, -0.1) is 12.4 Å². The average Bonchev–Trinajstić information content (AvgIpc) is 2.53. The summed E-state index contributed by atoms with van der Waals surface area (Å²) < 4.78 is 0. The van der Waals surface area contributed by atoms with Crippen molar-refractivity contribution in [2.24, 2.45) is 5.92 Å². The third-order valence-electron chi connectivity index (χ3n) is 4.52. The number of carbonyl (C=O) groups excluding carboxylic acids is 1. The third kappa shape index (κ3) is 6.37. The number of carbonyl (C=O) groups is 1. The van der Waals surface area contributed by atoms with E-state index in [0.29, 0.717) is 18.3 Å². The summed E-state index contributed by atoms with van der Waals surface area (Å²) in [5.74, 6) is 1.50. The molecule has 1 saturated carbocycles. The highest BCUT2D eigenvalue weighted by atomic mass is 35.5. The number of nitrogens with one attached hydrogen (secondary N) is 2. The average molecular weight is 325 g/mol. The SMILES string of the molecule is CNCCCNC(=O)CC1CCC(c2ccccc2)CC1.Cl. The highest BCUT2D eigenvalue weighted by Gasteiger charge is 2.23. The molecular weight excluding hydrogens is 296 g/mol. The summed E-state index contributed by atoms with van der Waals surface area (Å²) in [6, 6.07) is 10.8. The van der Waals surface area contributed by atoms with Gasteiger partial charge in [-0.3, -0.25) is 4.79 Å². The molecule has 0 aliphatic heterocycles. The van der Waals surface area contributed by atoms with Crippen molar-refractivity contribution in [2.45, 2.75) is 44.4 Å². The van der Waals surface area contributed by atoms with Crippen LogP contribution in [0.3, 0.4) is 0 Å². The van der Waals surface area contributed by atoms with Gasteiger partial charge >= 0.3 is 0 Å². The Balaban J connectivity index is 0.00000242. The lowest BCUT2D eigenvalue weighted by molar-refractivity contribution is -0.122. The number of halogens is 1. The van der Waals surface area contributed by atoms with Crippen LogP contribution in [0.2, 0.25) is 0 Å². The quantitative estimate of drug-likeness (QED) is 0.754. The van der Waals surface area contributed by atoms with Gasteiger partial charge in [0.05, 0.1) is 0 Å². The van der Waals surface area contributed by atoms with Gasteiger partial charge in [0.2, 0.25) is 5.91 Å². The number of hydrogen-bond donors (Lipinski definition) is 2. The smallest absolute Gasteiger partial charge is 0.220 e. The molecular formula is C18H29ClN2O. The Labute approximate surface area is 140 Å². The van der Waals surface area contributed by atoms with E-state index in [0.717, 1.165) is 19.5 Å². The standard InChI is InChI=1S/C18H28N2O.ClH/c1-19-12-5-13-20-18(21)14-15-8-10-17(11-9-15)16-6-3-2-4-7-16;/h2-4,6-7,15,17,19H,5,8-14H2,1H3,(H,20,21);1H. The lowest BCUT2D eigenvalue weighted by atomic mass is 9.77. The molecule has 0 bridgehead atoms. The molecule has 1 amide bonds. The number of rotatable bonds is 7. The Morgan fingerprint density at radius 1 is 1.09 bits per heavy atom. The molecule has 1 aliphatic rings. The zero-order chi connectivity index (χ0) is 14.9. The molecule has 2 rings (SSSR count). The zero-order valence-corrected chi connectivity index (χ0v) is 14.3. The van der Waals surface area contributed by atoms with Crippen molar-refractivity contribution < 1.29 is 4.79 Å². The molecule has 2 N–H and O–H groups in total. The monoisotopic (exact) mass is 324 g/mol. The first-order valence-electron chi connectivity index (χ1n) is 8.26. The highest BCUT2D eigenvalue weighted by molar-refractivity contribution is 5.85. The van der Waals surface area contributed by atoms with E-state index in [9.17, 15) is 4.79 Å². The molecule has 0 atom stereocenters. The molecule has 1 fully saturated rings. The van der Waals surface area contributed by atoms with E-state index in [-0.39, 0.29) is 18.3 Å². The largest absolute Gasteiger partial charge is 0.356 e. The summed E-state index contributed by atoms with van der Waals surface area (Å²) in [5, 5.41) is 6.12. The van der Waals surface area contributed by atoms with Crippen molar-refractivity contribution >= 4 is 18.3 Å². The second-order valence-electron chi connectivity index (χ2n) is 6.14. The van der Waals surface area contributed by atoms with E-state index in [1.54, 1.807) is 0 Å². The summed E-state index contributed by atoms with van der Waals surface area (Å²) in [7, 11) is 1.94. The molecule has 0 radical (unpaired) electrons. The summed E-state index contributed by atoms with van der Waals surface area (Å²) in [5.41, 5.74) is 1.47. The molecule has 0 spiro atoms. The van der Waals surface area contributed by atoms with Gasteiger partial charge in [0.1, 0.15) is 0 Å². The van der Waals surface area contributed by atoms with Crippen molar-refractivity contribution in [1.29, 1.82) is 0 Å². The van der Waals surface area contributed by atoms with Crippen LogP contribution in [0.25, 0.3) is 0 Å². The molecule has 3 nitrogen and oxygen atoms in total. The summed E-state index contributed by atoms with van der Waals surface area (Å²) in [4.78, 5) is 11.9. The Morgan fingerprint density at radius 3 is 2.41 bits per heavy atom. The molecule has 0 unspecified atom stereocenters. The van der Waals surface area contributed by atoms with E-state index in [1.165, 1.54) is 31.2 Å². The van der Waals surface area contributed by atoms with E-state index in [4.69, 9.17) is 0 Å². The molecule has 22 heavy (non-hydrogen) atoms. The lowest BCUT2D eigenvalue weighted by Gasteiger charge is -2.28. The molecule has 124 valence electrons. The minimum atomic E-state index is 0. The lowest BCUT2D eigenvalue weighted by Crippen LogP contribution is -2.29. The van der Waals surface area contributed by atoms with E-state index in [2.05, 4.69) is 41.0 Å². The van der Waals surface area contributed by atoms with Gasteiger partial charge in [0.15, 0.2) is 0 Å². The minimum Gasteiger partial charge on any atom is -0.356 e. The van der Waals surface area contributed by atoms with Gasteiger partial charge in [-0.05, 0) is 63.1 Å². The van der Waals surface area contributed by atoms with Crippen LogP contribution >= 0.6 is 12.4 Å². The highest BCUT2D eigenvalue weighted by Crippen LogP contribution is 2.36. The van der Waals surface area contributed by atoms with Crippen LogP contribution in [0.4, 0.5) is 0 Å². The Kier molecular flexibility index (Phi) is 9.17. The maximum Gasteiger partial charge on any atom is 0.220 e. The molecule has 0 heterocycles. The van der Waals surface area contributed by atoms with Crippen LogP contribution in [0, 0.1) is 5.92 Å². The van der Waals surface area contributed by atoms with Crippen LogP contribution in [-0.4, -0.2) is 26.0 Å². The molecule has 0 saturated heterocycles. The maximum absolute atomic E-state index is 11.9. The third-order valence-corrected chi connectivity index (χ3v) is 4.52. The van der Waals surface area contributed by atoms with Crippen LogP contribution < -0.4 is 10.6 Å². The van der Waals surface area contributed by atoms with Gasteiger partial charge < -0.3 is 10.6 Å². The second-order valence-corrected chi connectivity index (χ2v) is 6.14. The Morgan fingerprint density at radius 2 is 1.77 bits per heavy atom. The van der Waals surface area contributed by atoms with Crippen LogP contribution in [-0.2, 0) is 4.79 Å². The van der Waals surface area contributed by atoms with Crippen molar-refractivity contribution in [1.82, 2.24) is 10.6 Å². The van der Waals surface area contributed by atoms with Gasteiger partial charge in [0, 0.05) is 13.0 Å². The van der Waals surface area contributed by atoms with Crippen LogP contribution in [0.5, 0.6) is 0 Å². The summed E-state index contributed by atoms with van der Waals surface area (Å²) in [6.07, 6.45) is 6.53. The van der Waals surface area contributed by atoms with Crippen molar-refractivity contribution in [3.63, 3.8) is 0 Å². The molecule has 1 aliphatic carbocycles. The zero-order valence-electron chi connectivity index (χ0n) is 13.5. The van der Waals surface area contributed by atoms with Gasteiger partial charge in [-0.25, -0.2) is 0 Å². The van der Waals surface area contributed by atoms with E-state index >= 15 is 0 Å². The maximum atomic E-state index is 11.9. The molecule has 1 aromatic rings. The number of hydrogen-bond acceptors (Lipinski definition) is 2. The fourth-order valence-corrected chi connectivity index (χ4v) is 3.25. The first kappa shape index (κ1) is 19.0. The van der Waals surface area contributed by atoms with Crippen LogP contribution in [0.1, 0.15) is 50.0 Å². The minimum absolute atomic E-state index is 0. The Hall–Kier alpha value is -1.06. The van der Waals surface area contributed by atoms with E-state index < -0.39 is 0 Å². The Bertz CT molecular complexity index is 416. The molecule has 1 aromatic carbocycles. The topological polar surface area (TPSA) is 41.1 Å². The van der Waals surface area contributed by atoms with Crippen LogP contribution in [0.15, 0.2) is 30.3 Å². The predicted octanol–water partition coefficient (Wildman–Crippen LogP) is 3.50. The van der Waals surface area contributed by atoms with Gasteiger partial charge in [-0.1, -0.05) is 30.3 Å². The molecule has 4 heteroatoms. The normalized spacial score (nSPS) is 21.0. The van der Waals surface area contributed by atoms with Gasteiger partial charge in [0.25, 0.3) is 0 Å². The fraction of sp³-hybridized carbons (Fsp3) is 0.611. The van der Waals surface area contributed by atoms with Crippen molar-refractivity contribution in [3.05, 3.63) is 35.9 Å². The predicted molar refractivity (Wildman–Crippen MR) is 94.6 cm³/mol. The number of benzene rings is 1. The second kappa shape index (κ2) is 10.6. The fourth-order valence-electron chi connectivity index (χ4n) is 3.25. The summed E-state index contributed by atoms with van der Waals surface area (Å²) >= 11 is 0. The molecule has 0 aromatic heterocycles. The van der Waals surface area contributed by atoms with Gasteiger partial charge in [-0.2, -0.15) is 0 Å². The summed E-state index contributed by atoms with van der Waals surface area (Å²) in [6.45, 7) is 1.75. The first-order chi connectivity index (χ1) is 10.3. The van der Waals surface area contributed by atoms with Crippen molar-refractivity contribution in [3.8, 4) is 0 Å².